The van der Waals surface area contributed by atoms with E-state index in [1.165, 1.54) is 6.20 Å². The molecule has 1 aromatic heterocycles. The van der Waals surface area contributed by atoms with Crippen LogP contribution in [0.15, 0.2) is 83.8 Å². The van der Waals surface area contributed by atoms with Crippen molar-refractivity contribution in [2.75, 3.05) is 11.9 Å². The number of hydrogen-bond donors (Lipinski definition) is 2. The SMILES string of the molecule is CCOc1ccccc1-c1ccccc1NC(=O)c1c[nH]c2ccccc2c1=O. The third-order valence-electron chi connectivity index (χ3n) is 4.69. The number of para-hydroxylation sites is 3. The average Bonchev–Trinajstić information content (AvgIpc) is 2.75. The molecule has 0 unspecified atom stereocenters. The van der Waals surface area contributed by atoms with E-state index in [0.717, 1.165) is 16.9 Å². The van der Waals surface area contributed by atoms with Gasteiger partial charge < -0.3 is 15.0 Å². The van der Waals surface area contributed by atoms with E-state index in [4.69, 9.17) is 4.74 Å². The molecule has 0 saturated heterocycles. The van der Waals surface area contributed by atoms with Gasteiger partial charge in [-0.3, -0.25) is 9.59 Å². The van der Waals surface area contributed by atoms with Gasteiger partial charge in [0.1, 0.15) is 11.3 Å². The maximum Gasteiger partial charge on any atom is 0.261 e. The van der Waals surface area contributed by atoms with E-state index in [2.05, 4.69) is 10.3 Å². The lowest BCUT2D eigenvalue weighted by molar-refractivity contribution is 0.102. The van der Waals surface area contributed by atoms with Crippen molar-refractivity contribution in [3.8, 4) is 16.9 Å². The summed E-state index contributed by atoms with van der Waals surface area (Å²) in [5.41, 5.74) is 2.76. The summed E-state index contributed by atoms with van der Waals surface area (Å²) >= 11 is 0. The van der Waals surface area contributed by atoms with Gasteiger partial charge in [-0.15, -0.1) is 0 Å². The first kappa shape index (κ1) is 18.5. The van der Waals surface area contributed by atoms with Crippen molar-refractivity contribution < 1.29 is 9.53 Å². The van der Waals surface area contributed by atoms with Crippen molar-refractivity contribution in [2.45, 2.75) is 6.92 Å². The predicted octanol–water partition coefficient (Wildman–Crippen LogP) is 4.85. The van der Waals surface area contributed by atoms with E-state index in [-0.39, 0.29) is 11.0 Å². The Balaban J connectivity index is 1.73. The van der Waals surface area contributed by atoms with Crippen LogP contribution in [0.25, 0.3) is 22.0 Å². The highest BCUT2D eigenvalue weighted by Gasteiger charge is 2.16. The highest BCUT2D eigenvalue weighted by atomic mass is 16.5. The summed E-state index contributed by atoms with van der Waals surface area (Å²) in [4.78, 5) is 28.7. The van der Waals surface area contributed by atoms with Gasteiger partial charge in [0.05, 0.1) is 6.61 Å². The van der Waals surface area contributed by atoms with E-state index in [0.29, 0.717) is 23.2 Å². The first-order valence-corrected chi connectivity index (χ1v) is 9.42. The molecule has 4 aromatic rings. The van der Waals surface area contributed by atoms with Crippen LogP contribution in [-0.2, 0) is 0 Å². The van der Waals surface area contributed by atoms with E-state index in [1.807, 2.05) is 61.5 Å². The van der Waals surface area contributed by atoms with Crippen molar-refractivity contribution in [1.29, 1.82) is 0 Å². The number of carbonyl (C=O) groups excluding carboxylic acids is 1. The lowest BCUT2D eigenvalue weighted by Crippen LogP contribution is -2.22. The average molecular weight is 384 g/mol. The smallest absolute Gasteiger partial charge is 0.261 e. The third-order valence-corrected chi connectivity index (χ3v) is 4.69. The van der Waals surface area contributed by atoms with Crippen molar-refractivity contribution in [3.05, 3.63) is 94.8 Å². The number of rotatable bonds is 5. The fourth-order valence-electron chi connectivity index (χ4n) is 3.32. The number of carbonyl (C=O) groups is 1. The molecule has 1 heterocycles. The molecular formula is C24H20N2O3. The van der Waals surface area contributed by atoms with E-state index >= 15 is 0 Å². The maximum absolute atomic E-state index is 12.9. The second-order valence-electron chi connectivity index (χ2n) is 6.51. The molecule has 0 aliphatic rings. The molecule has 5 heteroatoms. The molecule has 4 rings (SSSR count). The number of anilines is 1. The van der Waals surface area contributed by atoms with Crippen LogP contribution in [0, 0.1) is 0 Å². The molecule has 0 atom stereocenters. The Morgan fingerprint density at radius 3 is 2.45 bits per heavy atom. The highest BCUT2D eigenvalue weighted by molar-refractivity contribution is 6.07. The number of H-pyrrole nitrogens is 1. The van der Waals surface area contributed by atoms with Crippen LogP contribution in [0.4, 0.5) is 5.69 Å². The van der Waals surface area contributed by atoms with Gasteiger partial charge in [0, 0.05) is 33.9 Å². The zero-order chi connectivity index (χ0) is 20.2. The number of hydrogen-bond acceptors (Lipinski definition) is 3. The summed E-state index contributed by atoms with van der Waals surface area (Å²) in [6.45, 7) is 2.47. The summed E-state index contributed by atoms with van der Waals surface area (Å²) in [6.07, 6.45) is 1.46. The van der Waals surface area contributed by atoms with Gasteiger partial charge in [-0.05, 0) is 31.2 Å². The van der Waals surface area contributed by atoms with Gasteiger partial charge in [-0.1, -0.05) is 48.5 Å². The molecule has 29 heavy (non-hydrogen) atoms. The number of ether oxygens (including phenoxy) is 1. The monoisotopic (exact) mass is 384 g/mol. The van der Waals surface area contributed by atoms with Crippen molar-refractivity contribution in [2.24, 2.45) is 0 Å². The van der Waals surface area contributed by atoms with E-state index < -0.39 is 5.91 Å². The first-order valence-electron chi connectivity index (χ1n) is 9.42. The molecule has 0 spiro atoms. The second-order valence-corrected chi connectivity index (χ2v) is 6.51. The van der Waals surface area contributed by atoms with Crippen LogP contribution in [0.3, 0.4) is 0 Å². The van der Waals surface area contributed by atoms with Gasteiger partial charge in [0.2, 0.25) is 5.43 Å². The van der Waals surface area contributed by atoms with E-state index in [1.54, 1.807) is 18.2 Å². The number of fused-ring (bicyclic) bond motifs is 1. The molecule has 5 nitrogen and oxygen atoms in total. The topological polar surface area (TPSA) is 71.2 Å². The molecule has 0 aliphatic heterocycles. The van der Waals surface area contributed by atoms with Crippen LogP contribution in [0.5, 0.6) is 5.75 Å². The van der Waals surface area contributed by atoms with Gasteiger partial charge in [0.25, 0.3) is 5.91 Å². The zero-order valence-corrected chi connectivity index (χ0v) is 15.9. The summed E-state index contributed by atoms with van der Waals surface area (Å²) in [5.74, 6) is 0.276. The zero-order valence-electron chi connectivity index (χ0n) is 15.9. The van der Waals surface area contributed by atoms with Gasteiger partial charge >= 0.3 is 0 Å². The Hall–Kier alpha value is -3.86. The van der Waals surface area contributed by atoms with Crippen LogP contribution >= 0.6 is 0 Å². The number of benzene rings is 3. The van der Waals surface area contributed by atoms with Crippen molar-refractivity contribution in [3.63, 3.8) is 0 Å². The maximum atomic E-state index is 12.9. The van der Waals surface area contributed by atoms with Crippen molar-refractivity contribution >= 4 is 22.5 Å². The molecule has 2 N–H and O–H groups in total. The number of aromatic amines is 1. The standard InChI is InChI=1S/C24H20N2O3/c1-2-29-22-14-8-5-10-17(22)16-9-3-7-13-21(16)26-24(28)19-15-25-20-12-6-4-11-18(20)23(19)27/h3-15H,2H2,1H3,(H,25,27)(H,26,28). The second kappa shape index (κ2) is 8.02. The molecule has 0 aliphatic carbocycles. The minimum atomic E-state index is -0.460. The molecule has 3 aromatic carbocycles. The van der Waals surface area contributed by atoms with Crippen LogP contribution in [0.2, 0.25) is 0 Å². The fourth-order valence-corrected chi connectivity index (χ4v) is 3.32. The quantitative estimate of drug-likeness (QED) is 0.517. The van der Waals surface area contributed by atoms with Crippen LogP contribution in [-0.4, -0.2) is 17.5 Å². The third kappa shape index (κ3) is 3.62. The summed E-state index contributed by atoms with van der Waals surface area (Å²) in [6, 6.07) is 22.3. The predicted molar refractivity (Wildman–Crippen MR) is 116 cm³/mol. The largest absolute Gasteiger partial charge is 0.493 e. The summed E-state index contributed by atoms with van der Waals surface area (Å²) in [7, 11) is 0. The molecule has 144 valence electrons. The first-order chi connectivity index (χ1) is 14.2. The van der Waals surface area contributed by atoms with Gasteiger partial charge in [-0.25, -0.2) is 0 Å². The van der Waals surface area contributed by atoms with Crippen LogP contribution in [0.1, 0.15) is 17.3 Å². The molecule has 0 radical (unpaired) electrons. The molecule has 0 fully saturated rings. The Morgan fingerprint density at radius 1 is 0.931 bits per heavy atom. The Morgan fingerprint density at radius 2 is 1.62 bits per heavy atom. The van der Waals surface area contributed by atoms with Gasteiger partial charge in [-0.2, -0.15) is 0 Å². The minimum Gasteiger partial charge on any atom is -0.493 e. The Kier molecular flexibility index (Phi) is 5.12. The molecule has 0 saturated carbocycles. The summed E-state index contributed by atoms with van der Waals surface area (Å²) < 4.78 is 5.74. The molecule has 1 amide bonds. The number of pyridine rings is 1. The summed E-state index contributed by atoms with van der Waals surface area (Å²) in [5, 5.41) is 3.37. The Bertz CT molecular complexity index is 1240. The van der Waals surface area contributed by atoms with E-state index in [9.17, 15) is 9.59 Å². The normalized spacial score (nSPS) is 10.7. The minimum absolute atomic E-state index is 0.0663. The van der Waals surface area contributed by atoms with Gasteiger partial charge in [0.15, 0.2) is 0 Å². The number of aromatic nitrogens is 1. The fraction of sp³-hybridized carbons (Fsp3) is 0.0833. The number of nitrogens with one attached hydrogen (secondary N) is 2. The Labute approximate surface area is 168 Å². The molecular weight excluding hydrogens is 364 g/mol. The number of amides is 1. The molecule has 0 bridgehead atoms. The highest BCUT2D eigenvalue weighted by Crippen LogP contribution is 2.35. The van der Waals surface area contributed by atoms with Crippen LogP contribution < -0.4 is 15.5 Å². The lowest BCUT2D eigenvalue weighted by Gasteiger charge is -2.14. The van der Waals surface area contributed by atoms with Crippen molar-refractivity contribution in [1.82, 2.24) is 4.98 Å². The lowest BCUT2D eigenvalue weighted by atomic mass is 10.0.